The summed E-state index contributed by atoms with van der Waals surface area (Å²) in [6.45, 7) is 3.58. The second kappa shape index (κ2) is 10.0. The van der Waals surface area contributed by atoms with Crippen LogP contribution >= 0.6 is 11.3 Å². The van der Waals surface area contributed by atoms with Crippen molar-refractivity contribution in [1.82, 2.24) is 9.55 Å². The minimum Gasteiger partial charge on any atom is -0.497 e. The lowest BCUT2D eigenvalue weighted by Crippen LogP contribution is -2.15. The van der Waals surface area contributed by atoms with Crippen LogP contribution in [-0.4, -0.2) is 35.0 Å². The molecule has 6 nitrogen and oxygen atoms in total. The van der Waals surface area contributed by atoms with Crippen LogP contribution in [0.5, 0.6) is 5.75 Å². The van der Waals surface area contributed by atoms with E-state index in [-0.39, 0.29) is 24.8 Å². The predicted molar refractivity (Wildman–Crippen MR) is 130 cm³/mol. The average molecular weight is 463 g/mol. The minimum atomic E-state index is -0.367. The molecular formula is C26H26N2O4S. The van der Waals surface area contributed by atoms with Gasteiger partial charge in [-0.05, 0) is 69.2 Å². The van der Waals surface area contributed by atoms with Crippen LogP contribution in [0.1, 0.15) is 39.6 Å². The topological polar surface area (TPSA) is 70.4 Å². The summed E-state index contributed by atoms with van der Waals surface area (Å²) in [6, 6.07) is 17.5. The van der Waals surface area contributed by atoms with Crippen molar-refractivity contribution in [2.24, 2.45) is 0 Å². The molecule has 0 spiro atoms. The fourth-order valence-electron chi connectivity index (χ4n) is 3.88. The maximum Gasteiger partial charge on any atom is 0.306 e. The number of ketones is 1. The van der Waals surface area contributed by atoms with E-state index in [0.29, 0.717) is 18.4 Å². The normalized spacial score (nSPS) is 11.0. The van der Waals surface area contributed by atoms with E-state index in [1.54, 1.807) is 18.4 Å². The molecule has 0 atom stereocenters. The molecule has 0 aliphatic carbocycles. The molecule has 0 saturated heterocycles. The number of benzene rings is 2. The number of para-hydroxylation sites is 1. The lowest BCUT2D eigenvalue weighted by atomic mass is 10.1. The second-order valence-corrected chi connectivity index (χ2v) is 8.95. The van der Waals surface area contributed by atoms with Crippen molar-refractivity contribution in [3.8, 4) is 11.4 Å². The van der Waals surface area contributed by atoms with Gasteiger partial charge in [-0.25, -0.2) is 4.98 Å². The van der Waals surface area contributed by atoms with Gasteiger partial charge in [-0.1, -0.05) is 12.1 Å². The van der Waals surface area contributed by atoms with E-state index in [2.05, 4.69) is 4.98 Å². The van der Waals surface area contributed by atoms with Gasteiger partial charge in [-0.3, -0.25) is 9.59 Å². The number of aromatic nitrogens is 2. The number of carbonyl (C=O) groups is 2. The van der Waals surface area contributed by atoms with Crippen molar-refractivity contribution in [1.29, 1.82) is 0 Å². The Balaban J connectivity index is 1.31. The van der Waals surface area contributed by atoms with Gasteiger partial charge in [0.2, 0.25) is 5.78 Å². The molecular weight excluding hydrogens is 436 g/mol. The molecule has 0 unspecified atom stereocenters. The number of fused-ring (bicyclic) bond motifs is 1. The van der Waals surface area contributed by atoms with E-state index in [1.165, 1.54) is 0 Å². The van der Waals surface area contributed by atoms with Gasteiger partial charge in [0.1, 0.15) is 5.75 Å². The zero-order chi connectivity index (χ0) is 23.4. The number of hydrogen-bond donors (Lipinski definition) is 0. The molecule has 4 aromatic rings. The van der Waals surface area contributed by atoms with Crippen LogP contribution in [-0.2, 0) is 16.0 Å². The summed E-state index contributed by atoms with van der Waals surface area (Å²) in [5.74, 6) is 0.198. The Morgan fingerprint density at radius 1 is 1.06 bits per heavy atom. The Morgan fingerprint density at radius 3 is 2.55 bits per heavy atom. The van der Waals surface area contributed by atoms with Gasteiger partial charge in [0.25, 0.3) is 0 Å². The Morgan fingerprint density at radius 2 is 1.82 bits per heavy atom. The quantitative estimate of drug-likeness (QED) is 0.244. The number of esters is 1. The number of nitrogens with zero attached hydrogens (tertiary/aromatic N) is 2. The molecule has 0 fully saturated rings. The largest absolute Gasteiger partial charge is 0.497 e. The lowest BCUT2D eigenvalue weighted by molar-refractivity contribution is -0.142. The highest BCUT2D eigenvalue weighted by Crippen LogP contribution is 2.24. The number of thiazole rings is 1. The van der Waals surface area contributed by atoms with Crippen molar-refractivity contribution in [2.45, 2.75) is 33.1 Å². The summed E-state index contributed by atoms with van der Waals surface area (Å²) in [5.41, 5.74) is 4.23. The Hall–Kier alpha value is -3.45. The van der Waals surface area contributed by atoms with E-state index in [9.17, 15) is 9.59 Å². The maximum absolute atomic E-state index is 12.7. The van der Waals surface area contributed by atoms with Gasteiger partial charge in [-0.15, -0.1) is 11.3 Å². The highest BCUT2D eigenvalue weighted by molar-refractivity contribution is 7.18. The van der Waals surface area contributed by atoms with E-state index < -0.39 is 0 Å². The van der Waals surface area contributed by atoms with Crippen LogP contribution in [0.3, 0.4) is 0 Å². The molecule has 7 heteroatoms. The van der Waals surface area contributed by atoms with Crippen LogP contribution < -0.4 is 4.74 Å². The zero-order valence-electron chi connectivity index (χ0n) is 19.0. The van der Waals surface area contributed by atoms with Crippen molar-refractivity contribution in [3.63, 3.8) is 0 Å². The molecule has 2 heterocycles. The number of Topliss-reactive ketones (excluding diaryl/α,β-unsaturated/α-hetero) is 1. The first-order chi connectivity index (χ1) is 16.0. The van der Waals surface area contributed by atoms with Crippen LogP contribution in [0.15, 0.2) is 54.6 Å². The van der Waals surface area contributed by atoms with Gasteiger partial charge in [0.05, 0.1) is 22.3 Å². The second-order valence-electron chi connectivity index (χ2n) is 7.83. The summed E-state index contributed by atoms with van der Waals surface area (Å²) in [7, 11) is 1.63. The number of methoxy groups -OCH3 is 1. The average Bonchev–Trinajstić information content (AvgIpc) is 3.37. The third-order valence-electron chi connectivity index (χ3n) is 5.54. The Labute approximate surface area is 196 Å². The molecule has 0 radical (unpaired) electrons. The smallest absolute Gasteiger partial charge is 0.306 e. The summed E-state index contributed by atoms with van der Waals surface area (Å²) in [5, 5.41) is 1.01. The van der Waals surface area contributed by atoms with Crippen molar-refractivity contribution in [3.05, 3.63) is 76.6 Å². The van der Waals surface area contributed by atoms with Crippen LogP contribution in [0.2, 0.25) is 0 Å². The maximum atomic E-state index is 12.7. The molecule has 170 valence electrons. The molecule has 2 aromatic heterocycles. The van der Waals surface area contributed by atoms with Crippen molar-refractivity contribution in [2.75, 3.05) is 13.7 Å². The summed E-state index contributed by atoms with van der Waals surface area (Å²) in [4.78, 5) is 29.5. The number of aryl methyl sites for hydroxylation is 2. The monoisotopic (exact) mass is 462 g/mol. The Bertz CT molecular complexity index is 1250. The van der Waals surface area contributed by atoms with E-state index in [0.717, 1.165) is 38.0 Å². The predicted octanol–water partition coefficient (Wildman–Crippen LogP) is 5.46. The molecule has 2 aromatic carbocycles. The SMILES string of the molecule is COc1ccc(-n2c(C)cc(C(=O)COC(=O)CCCc3nc4ccccc4s3)c2C)cc1. The zero-order valence-corrected chi connectivity index (χ0v) is 19.8. The summed E-state index contributed by atoms with van der Waals surface area (Å²) >= 11 is 1.64. The minimum absolute atomic E-state index is 0.206. The fourth-order valence-corrected chi connectivity index (χ4v) is 4.89. The number of ether oxygens (including phenoxy) is 2. The third kappa shape index (κ3) is 5.14. The summed E-state index contributed by atoms with van der Waals surface area (Å²) < 4.78 is 13.6. The van der Waals surface area contributed by atoms with Gasteiger partial charge in [0.15, 0.2) is 6.61 Å². The third-order valence-corrected chi connectivity index (χ3v) is 6.63. The van der Waals surface area contributed by atoms with E-state index in [1.807, 2.05) is 73.0 Å². The summed E-state index contributed by atoms with van der Waals surface area (Å²) in [6.07, 6.45) is 1.61. The molecule has 0 N–H and O–H groups in total. The van der Waals surface area contributed by atoms with Gasteiger partial charge >= 0.3 is 5.97 Å². The first-order valence-electron chi connectivity index (χ1n) is 10.8. The van der Waals surface area contributed by atoms with Crippen LogP contribution in [0, 0.1) is 13.8 Å². The molecule has 0 bridgehead atoms. The van der Waals surface area contributed by atoms with E-state index >= 15 is 0 Å². The number of carbonyl (C=O) groups excluding carboxylic acids is 2. The first-order valence-corrected chi connectivity index (χ1v) is 11.6. The van der Waals surface area contributed by atoms with Gasteiger partial charge < -0.3 is 14.0 Å². The highest BCUT2D eigenvalue weighted by atomic mass is 32.1. The first kappa shape index (κ1) is 22.7. The molecule has 4 rings (SSSR count). The molecule has 0 aliphatic heterocycles. The fraction of sp³-hybridized carbons (Fsp3) is 0.269. The molecule has 0 saturated carbocycles. The molecule has 33 heavy (non-hydrogen) atoms. The van der Waals surface area contributed by atoms with Crippen LogP contribution in [0.4, 0.5) is 0 Å². The van der Waals surface area contributed by atoms with Crippen LogP contribution in [0.25, 0.3) is 15.9 Å². The lowest BCUT2D eigenvalue weighted by Gasteiger charge is -2.11. The number of rotatable bonds is 9. The van der Waals surface area contributed by atoms with Crippen molar-refractivity contribution < 1.29 is 19.1 Å². The van der Waals surface area contributed by atoms with E-state index in [4.69, 9.17) is 9.47 Å². The Kier molecular flexibility index (Phi) is 6.89. The van der Waals surface area contributed by atoms with Gasteiger partial charge in [-0.2, -0.15) is 0 Å². The number of hydrogen-bond acceptors (Lipinski definition) is 6. The molecule has 0 aliphatic rings. The van der Waals surface area contributed by atoms with Crippen molar-refractivity contribution >= 4 is 33.3 Å². The van der Waals surface area contributed by atoms with Gasteiger partial charge in [0, 0.05) is 29.1 Å². The highest BCUT2D eigenvalue weighted by Gasteiger charge is 2.18. The molecule has 0 amide bonds. The standard InChI is InChI=1S/C26H26N2O4S/c1-17-15-21(18(2)28(17)19-11-13-20(31-3)14-12-19)23(29)16-32-26(30)10-6-9-25-27-22-7-4-5-8-24(22)33-25/h4-5,7-8,11-15H,6,9-10,16H2,1-3H3.